The molecule has 0 saturated carbocycles. The van der Waals surface area contributed by atoms with Gasteiger partial charge >= 0.3 is 44.0 Å². The lowest BCUT2D eigenvalue weighted by atomic mass is 9.73. The van der Waals surface area contributed by atoms with E-state index >= 15 is 4.79 Å². The van der Waals surface area contributed by atoms with Crippen LogP contribution in [0.5, 0.6) is 0 Å². The summed E-state index contributed by atoms with van der Waals surface area (Å²) in [7, 11) is 9.82. The molecule has 0 aliphatic carbocycles. The second-order valence-electron chi connectivity index (χ2n) is 15.2. The molecule has 0 aromatic carbocycles. The Morgan fingerprint density at radius 3 is 0.780 bits per heavy atom. The molecule has 17 nitrogen and oxygen atoms in total. The fraction of sp³-hybridized carbons (Fsp3) is 0.973. The maximum atomic E-state index is 15.7. The van der Waals surface area contributed by atoms with Crippen LogP contribution in [-0.2, 0) is 71.2 Å². The van der Waals surface area contributed by atoms with E-state index in [1.807, 2.05) is 0 Å². The summed E-state index contributed by atoms with van der Waals surface area (Å²) in [6, 6.07) is 2.92. The second kappa shape index (κ2) is 29.4. The molecule has 0 atom stereocenters. The summed E-state index contributed by atoms with van der Waals surface area (Å²) in [6.45, 7) is 5.36. The smallest absolute Gasteiger partial charge is 0.377 e. The van der Waals surface area contributed by atoms with Crippen LogP contribution in [0.25, 0.3) is 0 Å². The lowest BCUT2D eigenvalue weighted by molar-refractivity contribution is -0.145. The minimum Gasteiger partial charge on any atom is -0.377 e. The van der Waals surface area contributed by atoms with E-state index in [1.54, 1.807) is 107 Å². The van der Waals surface area contributed by atoms with Gasteiger partial charge in [-0.25, -0.2) is 0 Å². The first-order valence-corrected chi connectivity index (χ1v) is 30.3. The van der Waals surface area contributed by atoms with Crippen LogP contribution < -0.4 is 0 Å². The third-order valence-corrected chi connectivity index (χ3v) is 26.5. The highest BCUT2D eigenvalue weighted by atomic mass is 28.4. The van der Waals surface area contributed by atoms with E-state index in [2.05, 4.69) is 18.7 Å². The van der Waals surface area contributed by atoms with Crippen LogP contribution in [-0.4, -0.2) is 175 Å². The molecule has 0 spiro atoms. The molecule has 0 aromatic rings. The van der Waals surface area contributed by atoms with E-state index in [0.29, 0.717) is 81.8 Å². The largest absolute Gasteiger partial charge is 0.500 e. The number of nitrogens with zero attached hydrogens (tertiary/aromatic N) is 1. The minimum atomic E-state index is -2.95. The van der Waals surface area contributed by atoms with Crippen molar-refractivity contribution in [1.29, 1.82) is 0 Å². The molecule has 22 heteroatoms. The fourth-order valence-electron chi connectivity index (χ4n) is 8.28. The van der Waals surface area contributed by atoms with E-state index in [0.717, 1.165) is 25.7 Å². The first-order valence-electron chi connectivity index (χ1n) is 20.6. The van der Waals surface area contributed by atoms with E-state index < -0.39 is 49.4 Å². The van der Waals surface area contributed by atoms with Crippen LogP contribution in [0.3, 0.4) is 0 Å². The molecule has 0 unspecified atom stereocenters. The van der Waals surface area contributed by atoms with Gasteiger partial charge < -0.3 is 71.3 Å². The van der Waals surface area contributed by atoms with E-state index in [9.17, 15) is 0 Å². The van der Waals surface area contributed by atoms with Crippen LogP contribution >= 0.6 is 0 Å². The van der Waals surface area contributed by atoms with Gasteiger partial charge in [-0.2, -0.15) is 0 Å². The zero-order valence-corrected chi connectivity index (χ0v) is 45.0. The fourth-order valence-corrected chi connectivity index (χ4v) is 16.9. The monoisotopic (exact) mass is 939 g/mol. The molecule has 0 bridgehead atoms. The highest BCUT2D eigenvalue weighted by Gasteiger charge is 2.48. The van der Waals surface area contributed by atoms with Crippen molar-refractivity contribution in [3.63, 3.8) is 0 Å². The molecule has 1 amide bonds. The standard InChI is InChI=1S/C37H85NO16Si5/c1-18-38(34-36(2,24-19-29-55(40-3,41-4)42-5)25-20-30-56(43-6,44-7)45-8)35(39)37(26-21-31-57(46-9,47-10)48-11,27-22-32-58(49-12,50-13)51-14)28-23-33-59(52-15,53-16)54-17/h18-34H2,1-17H3. The summed E-state index contributed by atoms with van der Waals surface area (Å²) in [5.41, 5.74) is -1.10. The van der Waals surface area contributed by atoms with Crippen molar-refractivity contribution in [3.8, 4) is 0 Å². The quantitative estimate of drug-likeness (QED) is 0.0649. The van der Waals surface area contributed by atoms with Crippen molar-refractivity contribution in [2.45, 2.75) is 108 Å². The summed E-state index contributed by atoms with van der Waals surface area (Å²) in [6.07, 6.45) is 6.79. The second-order valence-corrected chi connectivity index (χ2v) is 30.6. The molecule has 0 rings (SSSR count). The number of rotatable bonds is 39. The zero-order chi connectivity index (χ0) is 45.3. The van der Waals surface area contributed by atoms with Gasteiger partial charge in [0.05, 0.1) is 0 Å². The molecule has 59 heavy (non-hydrogen) atoms. The normalized spacial score (nSPS) is 13.7. The Balaban J connectivity index is 7.31. The SMILES string of the molecule is CCN(CC(C)(CCC[Si](OC)(OC)OC)CCC[Si](OC)(OC)OC)C(=O)C(CCC[Si](OC)(OC)OC)(CCC[Si](OC)(OC)OC)CCC[Si](OC)(OC)OC. The molecule has 0 fully saturated rings. The van der Waals surface area contributed by atoms with Crippen molar-refractivity contribution in [2.75, 3.05) is 120 Å². The van der Waals surface area contributed by atoms with Gasteiger partial charge in [-0.1, -0.05) is 6.92 Å². The Labute approximate surface area is 363 Å². The first-order chi connectivity index (χ1) is 28.0. The summed E-state index contributed by atoms with van der Waals surface area (Å²) < 4.78 is 87.0. The van der Waals surface area contributed by atoms with E-state index in [1.165, 1.54) is 0 Å². The van der Waals surface area contributed by atoms with Crippen molar-refractivity contribution in [3.05, 3.63) is 0 Å². The van der Waals surface area contributed by atoms with E-state index in [-0.39, 0.29) is 11.3 Å². The van der Waals surface area contributed by atoms with Crippen LogP contribution in [0.15, 0.2) is 0 Å². The van der Waals surface area contributed by atoms with Crippen molar-refractivity contribution in [2.24, 2.45) is 10.8 Å². The summed E-state index contributed by atoms with van der Waals surface area (Å²) in [4.78, 5) is 17.7. The van der Waals surface area contributed by atoms with Gasteiger partial charge in [0.2, 0.25) is 5.91 Å². The van der Waals surface area contributed by atoms with Crippen LogP contribution in [0, 0.1) is 10.8 Å². The average Bonchev–Trinajstić information content (AvgIpc) is 3.28. The minimum absolute atomic E-state index is 0.0913. The first kappa shape index (κ1) is 59.0. The predicted molar refractivity (Wildman–Crippen MR) is 237 cm³/mol. The van der Waals surface area contributed by atoms with Crippen molar-refractivity contribution in [1.82, 2.24) is 4.90 Å². The van der Waals surface area contributed by atoms with Gasteiger partial charge in [-0.15, -0.1) is 0 Å². The molecule has 0 aliphatic heterocycles. The highest BCUT2D eigenvalue weighted by molar-refractivity contribution is 6.62. The van der Waals surface area contributed by atoms with Crippen molar-refractivity contribution < 1.29 is 71.2 Å². The third-order valence-electron chi connectivity index (χ3n) is 12.3. The molecular formula is C37H85NO16Si5. The molecule has 0 aromatic heterocycles. The molecule has 354 valence electrons. The van der Waals surface area contributed by atoms with E-state index in [4.69, 9.17) is 66.4 Å². The molecular weight excluding hydrogens is 855 g/mol. The Morgan fingerprint density at radius 2 is 0.593 bits per heavy atom. The van der Waals surface area contributed by atoms with Crippen LogP contribution in [0.4, 0.5) is 0 Å². The molecule has 0 N–H and O–H groups in total. The average molecular weight is 941 g/mol. The lowest BCUT2D eigenvalue weighted by Gasteiger charge is -2.43. The van der Waals surface area contributed by atoms with Gasteiger partial charge in [-0.05, 0) is 76.5 Å². The molecule has 0 heterocycles. The predicted octanol–water partition coefficient (Wildman–Crippen LogP) is 6.12. The summed E-state index contributed by atoms with van der Waals surface area (Å²) in [5, 5.41) is 0. The van der Waals surface area contributed by atoms with Crippen LogP contribution in [0.1, 0.15) is 78.1 Å². The molecule has 0 radical (unpaired) electrons. The molecule has 0 aliphatic rings. The maximum Gasteiger partial charge on any atom is 0.500 e. The highest BCUT2D eigenvalue weighted by Crippen LogP contribution is 2.43. The van der Waals surface area contributed by atoms with Crippen LogP contribution in [0.2, 0.25) is 30.2 Å². The summed E-state index contributed by atoms with van der Waals surface area (Å²) in [5.74, 6) is 0.0913. The topological polar surface area (TPSA) is 159 Å². The Bertz CT molecular complexity index is 967. The number of amides is 1. The molecule has 0 saturated heterocycles. The number of carbonyl (C=O) groups excluding carboxylic acids is 1. The van der Waals surface area contributed by atoms with Gasteiger partial charge in [0.1, 0.15) is 0 Å². The summed E-state index contributed by atoms with van der Waals surface area (Å²) >= 11 is 0. The van der Waals surface area contributed by atoms with Crippen molar-refractivity contribution >= 4 is 49.9 Å². The van der Waals surface area contributed by atoms with Gasteiger partial charge in [-0.3, -0.25) is 4.79 Å². The third kappa shape index (κ3) is 17.5. The van der Waals surface area contributed by atoms with Gasteiger partial charge in [0.15, 0.2) is 0 Å². The van der Waals surface area contributed by atoms with Gasteiger partial charge in [0.25, 0.3) is 0 Å². The lowest BCUT2D eigenvalue weighted by Crippen LogP contribution is -2.50. The Morgan fingerprint density at radius 1 is 0.390 bits per heavy atom. The van der Waals surface area contributed by atoms with Gasteiger partial charge in [0, 0.05) is 155 Å². The maximum absolute atomic E-state index is 15.7. The number of hydrogen-bond acceptors (Lipinski definition) is 16. The Hall–Kier alpha value is -0.0456. The number of carbonyl (C=O) groups is 1. The zero-order valence-electron chi connectivity index (χ0n) is 40.0. The Kier molecular flexibility index (Phi) is 29.4. The number of hydrogen-bond donors (Lipinski definition) is 0.